The average Bonchev–Trinajstić information content (AvgIpc) is 3.17. The second kappa shape index (κ2) is 10.3. The van der Waals surface area contributed by atoms with Crippen LogP contribution in [0.1, 0.15) is 54.4 Å². The maximum atomic E-state index is 13.4. The Hall–Kier alpha value is -1.53. The van der Waals surface area contributed by atoms with Gasteiger partial charge in [-0.05, 0) is 44.2 Å². The van der Waals surface area contributed by atoms with Gasteiger partial charge < -0.3 is 15.0 Å². The molecule has 1 aromatic carbocycles. The van der Waals surface area contributed by atoms with E-state index in [1.165, 1.54) is 19.3 Å². The van der Waals surface area contributed by atoms with Crippen LogP contribution in [-0.2, 0) is 9.53 Å². The van der Waals surface area contributed by atoms with Gasteiger partial charge in [-0.25, -0.2) is 0 Å². The van der Waals surface area contributed by atoms with Crippen LogP contribution < -0.4 is 5.32 Å². The molecule has 6 heteroatoms. The number of amides is 2. The van der Waals surface area contributed by atoms with Crippen molar-refractivity contribution in [1.29, 1.82) is 0 Å². The molecular weight excluding hydrogens is 372 g/mol. The molecule has 2 fully saturated rings. The summed E-state index contributed by atoms with van der Waals surface area (Å²) in [5, 5.41) is 3.10. The van der Waals surface area contributed by atoms with E-state index in [1.54, 1.807) is 18.9 Å². The van der Waals surface area contributed by atoms with E-state index in [0.717, 1.165) is 24.8 Å². The van der Waals surface area contributed by atoms with Crippen molar-refractivity contribution in [2.24, 2.45) is 5.92 Å². The first-order valence-electron chi connectivity index (χ1n) is 10.4. The molecule has 2 atom stereocenters. The average molecular weight is 405 g/mol. The molecule has 1 aliphatic carbocycles. The summed E-state index contributed by atoms with van der Waals surface area (Å²) in [7, 11) is 1.66. The summed E-state index contributed by atoms with van der Waals surface area (Å²) in [6.45, 7) is 3.21. The van der Waals surface area contributed by atoms with Crippen molar-refractivity contribution in [2.45, 2.75) is 56.9 Å². The third kappa shape index (κ3) is 5.09. The van der Waals surface area contributed by atoms with E-state index in [0.29, 0.717) is 30.4 Å². The van der Waals surface area contributed by atoms with Crippen molar-refractivity contribution >= 4 is 23.6 Å². The van der Waals surface area contributed by atoms with Gasteiger partial charge in [0, 0.05) is 31.6 Å². The summed E-state index contributed by atoms with van der Waals surface area (Å²) >= 11 is 1.78. The van der Waals surface area contributed by atoms with Crippen LogP contribution in [-0.4, -0.2) is 54.1 Å². The molecule has 0 aromatic heterocycles. The van der Waals surface area contributed by atoms with Gasteiger partial charge in [-0.1, -0.05) is 37.0 Å². The molecular formula is C22H32N2O3S. The maximum absolute atomic E-state index is 13.4. The van der Waals surface area contributed by atoms with Crippen molar-refractivity contribution in [2.75, 3.05) is 26.0 Å². The van der Waals surface area contributed by atoms with E-state index in [-0.39, 0.29) is 17.2 Å². The van der Waals surface area contributed by atoms with Crippen LogP contribution in [0.3, 0.4) is 0 Å². The Balaban J connectivity index is 1.77. The Labute approximate surface area is 172 Å². The minimum absolute atomic E-state index is 0.0161. The number of benzene rings is 1. The molecule has 154 valence electrons. The third-order valence-electron chi connectivity index (χ3n) is 5.75. The van der Waals surface area contributed by atoms with Gasteiger partial charge >= 0.3 is 0 Å². The minimum atomic E-state index is -0.395. The van der Waals surface area contributed by atoms with Crippen molar-refractivity contribution < 1.29 is 14.3 Å². The summed E-state index contributed by atoms with van der Waals surface area (Å²) in [4.78, 5) is 28.2. The smallest absolute Gasteiger partial charge is 0.255 e. The van der Waals surface area contributed by atoms with E-state index in [2.05, 4.69) is 5.32 Å². The Bertz CT molecular complexity index is 658. The van der Waals surface area contributed by atoms with E-state index in [9.17, 15) is 9.59 Å². The Morgan fingerprint density at radius 1 is 1.18 bits per heavy atom. The third-order valence-corrected chi connectivity index (χ3v) is 7.21. The van der Waals surface area contributed by atoms with E-state index >= 15 is 0 Å². The van der Waals surface area contributed by atoms with Crippen LogP contribution in [0.2, 0.25) is 0 Å². The summed E-state index contributed by atoms with van der Waals surface area (Å²) in [5.41, 5.74) is 1.80. The number of carbonyl (C=O) groups excluding carboxylic acids is 2. The van der Waals surface area contributed by atoms with Gasteiger partial charge in [0.1, 0.15) is 6.04 Å². The molecule has 1 aliphatic heterocycles. The predicted molar refractivity (Wildman–Crippen MR) is 113 cm³/mol. The lowest BCUT2D eigenvalue weighted by atomic mass is 9.88. The molecule has 2 unspecified atom stereocenters. The largest absolute Gasteiger partial charge is 0.385 e. The Morgan fingerprint density at radius 3 is 2.57 bits per heavy atom. The molecule has 1 heterocycles. The molecule has 1 saturated heterocycles. The Kier molecular flexibility index (Phi) is 7.80. The number of nitrogens with one attached hydrogen (secondary N) is 1. The second-order valence-corrected chi connectivity index (χ2v) is 9.00. The molecule has 2 aliphatic rings. The first-order valence-corrected chi connectivity index (χ1v) is 11.4. The fourth-order valence-electron chi connectivity index (χ4n) is 4.16. The highest BCUT2D eigenvalue weighted by atomic mass is 32.2. The molecule has 1 N–H and O–H groups in total. The van der Waals surface area contributed by atoms with E-state index < -0.39 is 6.04 Å². The zero-order valence-corrected chi connectivity index (χ0v) is 17.8. The number of carbonyl (C=O) groups is 2. The summed E-state index contributed by atoms with van der Waals surface area (Å²) in [6, 6.07) is 7.30. The normalized spacial score (nSPS) is 23.0. The minimum Gasteiger partial charge on any atom is -0.385 e. The van der Waals surface area contributed by atoms with E-state index in [4.69, 9.17) is 4.74 Å². The van der Waals surface area contributed by atoms with Crippen LogP contribution in [0, 0.1) is 12.8 Å². The number of aryl methyl sites for hydroxylation is 1. The first kappa shape index (κ1) is 21.2. The van der Waals surface area contributed by atoms with Gasteiger partial charge in [-0.2, -0.15) is 0 Å². The van der Waals surface area contributed by atoms with Crippen molar-refractivity contribution in [3.63, 3.8) is 0 Å². The van der Waals surface area contributed by atoms with Crippen LogP contribution in [0.25, 0.3) is 0 Å². The lowest BCUT2D eigenvalue weighted by Crippen LogP contribution is -2.51. The highest BCUT2D eigenvalue weighted by Gasteiger charge is 2.45. The Morgan fingerprint density at radius 2 is 1.89 bits per heavy atom. The number of methoxy groups -OCH3 is 1. The highest BCUT2D eigenvalue weighted by Crippen LogP contribution is 2.41. The van der Waals surface area contributed by atoms with Crippen LogP contribution in [0.4, 0.5) is 0 Å². The molecule has 0 radical (unpaired) electrons. The lowest BCUT2D eigenvalue weighted by Gasteiger charge is -2.35. The standard InChI is InChI=1S/C22H32N2O3S/c1-16-9-11-17(12-10-16)21(26)24-19(20(25)23-13-6-14-27-2)15-28-22(24)18-7-4-3-5-8-18/h9-12,18-19,22H,3-8,13-15H2,1-2H3,(H,23,25). The van der Waals surface area contributed by atoms with Crippen molar-refractivity contribution in [3.05, 3.63) is 35.4 Å². The fraction of sp³-hybridized carbons (Fsp3) is 0.636. The van der Waals surface area contributed by atoms with Gasteiger partial charge in [0.15, 0.2) is 0 Å². The topological polar surface area (TPSA) is 58.6 Å². The summed E-state index contributed by atoms with van der Waals surface area (Å²) in [6.07, 6.45) is 6.81. The van der Waals surface area contributed by atoms with Gasteiger partial charge in [-0.15, -0.1) is 11.8 Å². The van der Waals surface area contributed by atoms with Crippen molar-refractivity contribution in [1.82, 2.24) is 10.2 Å². The quantitative estimate of drug-likeness (QED) is 0.706. The molecule has 1 saturated carbocycles. The van der Waals surface area contributed by atoms with Crippen molar-refractivity contribution in [3.8, 4) is 0 Å². The number of nitrogens with zero attached hydrogens (tertiary/aromatic N) is 1. The van der Waals surface area contributed by atoms with E-state index in [1.807, 2.05) is 36.1 Å². The number of hydrogen-bond acceptors (Lipinski definition) is 4. The summed E-state index contributed by atoms with van der Waals surface area (Å²) in [5.74, 6) is 1.11. The molecule has 0 bridgehead atoms. The second-order valence-electron chi connectivity index (χ2n) is 7.85. The summed E-state index contributed by atoms with van der Waals surface area (Å²) < 4.78 is 5.05. The van der Waals surface area contributed by atoms with Crippen LogP contribution >= 0.6 is 11.8 Å². The van der Waals surface area contributed by atoms with Gasteiger partial charge in [0.2, 0.25) is 5.91 Å². The molecule has 3 rings (SSSR count). The zero-order chi connectivity index (χ0) is 19.9. The maximum Gasteiger partial charge on any atom is 0.255 e. The number of thioether (sulfide) groups is 1. The SMILES string of the molecule is COCCCNC(=O)C1CSC(C2CCCCC2)N1C(=O)c1ccc(C)cc1. The number of ether oxygens (including phenoxy) is 1. The molecule has 5 nitrogen and oxygen atoms in total. The zero-order valence-electron chi connectivity index (χ0n) is 17.0. The van der Waals surface area contributed by atoms with Gasteiger partial charge in [0.25, 0.3) is 5.91 Å². The molecule has 2 amide bonds. The van der Waals surface area contributed by atoms with Gasteiger partial charge in [0.05, 0.1) is 5.37 Å². The molecule has 28 heavy (non-hydrogen) atoms. The molecule has 0 spiro atoms. The van der Waals surface area contributed by atoms with Crippen LogP contribution in [0.5, 0.6) is 0 Å². The van der Waals surface area contributed by atoms with Crippen LogP contribution in [0.15, 0.2) is 24.3 Å². The lowest BCUT2D eigenvalue weighted by molar-refractivity contribution is -0.125. The number of rotatable bonds is 7. The first-order chi connectivity index (χ1) is 13.6. The highest BCUT2D eigenvalue weighted by molar-refractivity contribution is 8.00. The fourth-order valence-corrected chi connectivity index (χ4v) is 5.80. The predicted octanol–water partition coefficient (Wildman–Crippen LogP) is 3.61. The monoisotopic (exact) mass is 404 g/mol. The van der Waals surface area contributed by atoms with Gasteiger partial charge in [-0.3, -0.25) is 9.59 Å². The number of hydrogen-bond donors (Lipinski definition) is 1. The molecule has 1 aromatic rings.